The summed E-state index contributed by atoms with van der Waals surface area (Å²) in [6, 6.07) is 0. The summed E-state index contributed by atoms with van der Waals surface area (Å²) in [4.78, 5) is 0. The predicted molar refractivity (Wildman–Crippen MR) is 46.6 cm³/mol. The average Bonchev–Trinajstić information content (AvgIpc) is 1.53. The first kappa shape index (κ1) is 10.9. The molecular weight excluding hydrogens is 140 g/mol. The smallest absolute Gasteiger partial charge is 0.0616 e. The number of rotatable bonds is 4. The Hall–Kier alpha value is -0.0800. The topological polar surface area (TPSA) is 29.5 Å². The van der Waals surface area contributed by atoms with E-state index in [0.29, 0.717) is 6.42 Å². The van der Waals surface area contributed by atoms with Gasteiger partial charge in [0.15, 0.2) is 0 Å². The molecule has 0 aromatic rings. The van der Waals surface area contributed by atoms with E-state index in [9.17, 15) is 5.11 Å². The molecule has 2 heteroatoms. The van der Waals surface area contributed by atoms with Crippen molar-refractivity contribution in [2.45, 2.75) is 58.8 Å². The van der Waals surface area contributed by atoms with Crippen molar-refractivity contribution in [1.29, 1.82) is 0 Å². The molecule has 0 aromatic heterocycles. The second-order valence-electron chi connectivity index (χ2n) is 4.01. The molecule has 0 radical (unpaired) electrons. The molecule has 0 rings (SSSR count). The largest absolute Gasteiger partial charge is 0.390 e. The van der Waals surface area contributed by atoms with Crippen LogP contribution in [0.4, 0.5) is 0 Å². The van der Waals surface area contributed by atoms with E-state index in [1.54, 1.807) is 13.8 Å². The van der Waals surface area contributed by atoms with Crippen molar-refractivity contribution in [2.75, 3.05) is 0 Å². The van der Waals surface area contributed by atoms with Crippen LogP contribution >= 0.6 is 0 Å². The van der Waals surface area contributed by atoms with Gasteiger partial charge in [-0.15, -0.1) is 0 Å². The Bertz CT molecular complexity index is 103. The molecule has 0 aromatic carbocycles. The first-order valence-corrected chi connectivity index (χ1v) is 4.19. The Balaban J connectivity index is 3.61. The zero-order chi connectivity index (χ0) is 9.07. The second-order valence-corrected chi connectivity index (χ2v) is 4.01. The maximum Gasteiger partial charge on any atom is 0.0616 e. The SMILES string of the molecule is CC(C)OC(C)CC(C)(C)O. The highest BCUT2D eigenvalue weighted by molar-refractivity contribution is 4.69. The normalized spacial score (nSPS) is 15.5. The van der Waals surface area contributed by atoms with Crippen molar-refractivity contribution in [1.82, 2.24) is 0 Å². The predicted octanol–water partition coefficient (Wildman–Crippen LogP) is 1.96. The van der Waals surface area contributed by atoms with Crippen LogP contribution in [-0.2, 0) is 4.74 Å². The Morgan fingerprint density at radius 3 is 2.00 bits per heavy atom. The van der Waals surface area contributed by atoms with E-state index in [-0.39, 0.29) is 12.2 Å². The van der Waals surface area contributed by atoms with Crippen LogP contribution in [0.2, 0.25) is 0 Å². The number of hydrogen-bond donors (Lipinski definition) is 1. The fourth-order valence-electron chi connectivity index (χ4n) is 1.22. The lowest BCUT2D eigenvalue weighted by molar-refractivity contribution is -0.0359. The number of ether oxygens (including phenoxy) is 1. The van der Waals surface area contributed by atoms with Crippen LogP contribution in [-0.4, -0.2) is 22.9 Å². The maximum absolute atomic E-state index is 9.42. The van der Waals surface area contributed by atoms with Gasteiger partial charge in [-0.25, -0.2) is 0 Å². The average molecular weight is 160 g/mol. The summed E-state index contributed by atoms with van der Waals surface area (Å²) in [6.45, 7) is 9.58. The van der Waals surface area contributed by atoms with E-state index in [1.165, 1.54) is 0 Å². The lowest BCUT2D eigenvalue weighted by Crippen LogP contribution is -2.27. The van der Waals surface area contributed by atoms with E-state index in [4.69, 9.17) is 4.74 Å². The van der Waals surface area contributed by atoms with Crippen molar-refractivity contribution in [2.24, 2.45) is 0 Å². The van der Waals surface area contributed by atoms with Crippen LogP contribution < -0.4 is 0 Å². The highest BCUT2D eigenvalue weighted by Crippen LogP contribution is 2.13. The first-order valence-electron chi connectivity index (χ1n) is 4.19. The van der Waals surface area contributed by atoms with E-state index in [0.717, 1.165) is 0 Å². The molecule has 0 heterocycles. The van der Waals surface area contributed by atoms with Gasteiger partial charge in [0.25, 0.3) is 0 Å². The molecular formula is C9H20O2. The van der Waals surface area contributed by atoms with Gasteiger partial charge in [0.2, 0.25) is 0 Å². The molecule has 68 valence electrons. The Morgan fingerprint density at radius 1 is 1.27 bits per heavy atom. The van der Waals surface area contributed by atoms with Crippen molar-refractivity contribution >= 4 is 0 Å². The van der Waals surface area contributed by atoms with E-state index < -0.39 is 5.60 Å². The highest BCUT2D eigenvalue weighted by Gasteiger charge is 2.17. The maximum atomic E-state index is 9.42. The first-order chi connectivity index (χ1) is 4.81. The molecule has 0 saturated carbocycles. The van der Waals surface area contributed by atoms with E-state index in [1.807, 2.05) is 20.8 Å². The molecule has 0 aliphatic rings. The fourth-order valence-corrected chi connectivity index (χ4v) is 1.22. The second kappa shape index (κ2) is 4.07. The quantitative estimate of drug-likeness (QED) is 0.681. The van der Waals surface area contributed by atoms with Gasteiger partial charge in [-0.2, -0.15) is 0 Å². The molecule has 0 amide bonds. The third-order valence-corrected chi connectivity index (χ3v) is 1.29. The molecule has 1 N–H and O–H groups in total. The molecule has 0 spiro atoms. The third kappa shape index (κ3) is 7.82. The van der Waals surface area contributed by atoms with Gasteiger partial charge in [0.05, 0.1) is 17.8 Å². The van der Waals surface area contributed by atoms with Crippen LogP contribution in [0.3, 0.4) is 0 Å². The lowest BCUT2D eigenvalue weighted by Gasteiger charge is -2.23. The van der Waals surface area contributed by atoms with E-state index in [2.05, 4.69) is 0 Å². The van der Waals surface area contributed by atoms with Crippen LogP contribution in [0.5, 0.6) is 0 Å². The van der Waals surface area contributed by atoms with Gasteiger partial charge >= 0.3 is 0 Å². The van der Waals surface area contributed by atoms with Gasteiger partial charge in [0, 0.05) is 6.42 Å². The molecule has 0 aliphatic carbocycles. The minimum absolute atomic E-state index is 0.134. The van der Waals surface area contributed by atoms with Crippen LogP contribution in [0.1, 0.15) is 41.0 Å². The van der Waals surface area contributed by atoms with Gasteiger partial charge in [-0.3, -0.25) is 0 Å². The molecule has 0 fully saturated rings. The molecule has 0 bridgehead atoms. The molecule has 1 unspecified atom stereocenters. The minimum atomic E-state index is -0.617. The standard InChI is InChI=1S/C9H20O2/c1-7(2)11-8(3)6-9(4,5)10/h7-8,10H,6H2,1-5H3. The molecule has 2 nitrogen and oxygen atoms in total. The molecule has 0 saturated heterocycles. The minimum Gasteiger partial charge on any atom is -0.390 e. The van der Waals surface area contributed by atoms with Gasteiger partial charge < -0.3 is 9.84 Å². The lowest BCUT2D eigenvalue weighted by atomic mass is 10.0. The number of hydrogen-bond acceptors (Lipinski definition) is 2. The van der Waals surface area contributed by atoms with Crippen LogP contribution in [0, 0.1) is 0 Å². The van der Waals surface area contributed by atoms with Crippen molar-refractivity contribution in [3.63, 3.8) is 0 Å². The monoisotopic (exact) mass is 160 g/mol. The number of aliphatic hydroxyl groups is 1. The summed E-state index contributed by atoms with van der Waals surface area (Å²) in [5.41, 5.74) is -0.617. The molecule has 1 atom stereocenters. The third-order valence-electron chi connectivity index (χ3n) is 1.29. The Morgan fingerprint density at radius 2 is 1.73 bits per heavy atom. The Kier molecular flexibility index (Phi) is 4.04. The molecule has 11 heavy (non-hydrogen) atoms. The van der Waals surface area contributed by atoms with Gasteiger partial charge in [0.1, 0.15) is 0 Å². The summed E-state index contributed by atoms with van der Waals surface area (Å²) in [6.07, 6.45) is 1.06. The zero-order valence-electron chi connectivity index (χ0n) is 8.22. The highest BCUT2D eigenvalue weighted by atomic mass is 16.5. The van der Waals surface area contributed by atoms with Crippen LogP contribution in [0.15, 0.2) is 0 Å². The molecule has 0 aliphatic heterocycles. The fraction of sp³-hybridized carbons (Fsp3) is 1.00. The van der Waals surface area contributed by atoms with Crippen LogP contribution in [0.25, 0.3) is 0 Å². The van der Waals surface area contributed by atoms with Crippen molar-refractivity contribution < 1.29 is 9.84 Å². The van der Waals surface area contributed by atoms with Gasteiger partial charge in [-0.1, -0.05) is 0 Å². The summed E-state index contributed by atoms with van der Waals surface area (Å²) in [7, 11) is 0. The summed E-state index contributed by atoms with van der Waals surface area (Å²) in [5.74, 6) is 0. The zero-order valence-corrected chi connectivity index (χ0v) is 8.22. The summed E-state index contributed by atoms with van der Waals surface area (Å²) >= 11 is 0. The van der Waals surface area contributed by atoms with Crippen molar-refractivity contribution in [3.8, 4) is 0 Å². The van der Waals surface area contributed by atoms with E-state index >= 15 is 0 Å². The Labute approximate surface area is 69.6 Å². The van der Waals surface area contributed by atoms with Crippen molar-refractivity contribution in [3.05, 3.63) is 0 Å². The summed E-state index contributed by atoms with van der Waals surface area (Å²) in [5, 5.41) is 9.42. The van der Waals surface area contributed by atoms with Gasteiger partial charge in [-0.05, 0) is 34.6 Å². The summed E-state index contributed by atoms with van der Waals surface area (Å²) < 4.78 is 5.47.